The molecule has 0 aliphatic carbocycles. The summed E-state index contributed by atoms with van der Waals surface area (Å²) in [5, 5.41) is 10.6. The summed E-state index contributed by atoms with van der Waals surface area (Å²) in [6.07, 6.45) is 0.479. The first-order valence-corrected chi connectivity index (χ1v) is 8.59. The zero-order valence-corrected chi connectivity index (χ0v) is 17.5. The Kier molecular flexibility index (Phi) is 10.1. The fraction of sp³-hybridized carbons (Fsp3) is 0.579. The van der Waals surface area contributed by atoms with Crippen molar-refractivity contribution in [3.05, 3.63) is 39.9 Å². The van der Waals surface area contributed by atoms with Crippen LogP contribution in [0.15, 0.2) is 24.3 Å². The largest absolute Gasteiger partial charge is 0.461 e. The Hall–Kier alpha value is -2.09. The number of hydrogen-bond acceptors (Lipinski definition) is 6. The standard InChI is InChI=1S/C19H27NO6.H2S/c1-13(2)10-15(11-17(21)26-19(3,4)5)18(22)25-12-14-6-8-16(9-7-14)20(23)24;/h6-9,13,15H,10-12H2,1-5H3;1H2/t15-;/m1./s1. The molecule has 0 radical (unpaired) electrons. The molecule has 8 heteroatoms. The molecule has 0 aliphatic rings. The predicted octanol–water partition coefficient (Wildman–Crippen LogP) is 4.14. The molecule has 0 spiro atoms. The van der Waals surface area contributed by atoms with E-state index >= 15 is 0 Å². The number of hydrogen-bond donors (Lipinski definition) is 0. The van der Waals surface area contributed by atoms with Crippen molar-refractivity contribution in [2.45, 2.75) is 59.7 Å². The molecule has 0 aliphatic heterocycles. The lowest BCUT2D eigenvalue weighted by atomic mass is 9.94. The third kappa shape index (κ3) is 9.98. The van der Waals surface area contributed by atoms with Crippen LogP contribution in [-0.4, -0.2) is 22.5 Å². The average Bonchev–Trinajstić information content (AvgIpc) is 2.50. The number of carbonyl (C=O) groups is 2. The predicted molar refractivity (Wildman–Crippen MR) is 107 cm³/mol. The van der Waals surface area contributed by atoms with Gasteiger partial charge in [0.25, 0.3) is 5.69 Å². The molecule has 7 nitrogen and oxygen atoms in total. The Bertz CT molecular complexity index is 637. The number of nitrogens with zero attached hydrogens (tertiary/aromatic N) is 1. The van der Waals surface area contributed by atoms with Gasteiger partial charge in [0, 0.05) is 12.1 Å². The second kappa shape index (κ2) is 10.9. The lowest BCUT2D eigenvalue weighted by Crippen LogP contribution is -2.28. The molecule has 0 N–H and O–H groups in total. The molecule has 0 saturated carbocycles. The maximum Gasteiger partial charge on any atom is 0.309 e. The van der Waals surface area contributed by atoms with E-state index in [9.17, 15) is 19.7 Å². The number of benzene rings is 1. The van der Waals surface area contributed by atoms with Gasteiger partial charge in [-0.25, -0.2) is 0 Å². The molecule has 1 rings (SSSR count). The Balaban J connectivity index is 0.00000676. The van der Waals surface area contributed by atoms with Crippen molar-refractivity contribution in [2.75, 3.05) is 0 Å². The smallest absolute Gasteiger partial charge is 0.309 e. The van der Waals surface area contributed by atoms with Crippen LogP contribution in [-0.2, 0) is 25.7 Å². The summed E-state index contributed by atoms with van der Waals surface area (Å²) in [7, 11) is 0. The molecule has 1 atom stereocenters. The maximum atomic E-state index is 12.4. The van der Waals surface area contributed by atoms with Crippen LogP contribution in [0, 0.1) is 22.0 Å². The van der Waals surface area contributed by atoms with Gasteiger partial charge >= 0.3 is 11.9 Å². The second-order valence-electron chi connectivity index (χ2n) is 7.65. The number of esters is 2. The molecule has 27 heavy (non-hydrogen) atoms. The van der Waals surface area contributed by atoms with E-state index in [4.69, 9.17) is 9.47 Å². The Morgan fingerprint density at radius 3 is 2.15 bits per heavy atom. The third-order valence-corrected chi connectivity index (χ3v) is 3.45. The van der Waals surface area contributed by atoms with Crippen LogP contribution in [0.1, 0.15) is 53.0 Å². The van der Waals surface area contributed by atoms with E-state index in [1.165, 1.54) is 24.3 Å². The number of non-ortho nitro benzene ring substituents is 1. The summed E-state index contributed by atoms with van der Waals surface area (Å²) < 4.78 is 10.6. The highest BCUT2D eigenvalue weighted by atomic mass is 32.1. The number of carbonyl (C=O) groups excluding carboxylic acids is 2. The first-order valence-electron chi connectivity index (χ1n) is 8.59. The van der Waals surface area contributed by atoms with Gasteiger partial charge in [0.15, 0.2) is 0 Å². The third-order valence-electron chi connectivity index (χ3n) is 3.45. The lowest BCUT2D eigenvalue weighted by Gasteiger charge is -2.22. The van der Waals surface area contributed by atoms with Crippen molar-refractivity contribution in [3.8, 4) is 0 Å². The van der Waals surface area contributed by atoms with Crippen LogP contribution in [0.3, 0.4) is 0 Å². The minimum Gasteiger partial charge on any atom is -0.461 e. The van der Waals surface area contributed by atoms with E-state index in [-0.39, 0.29) is 38.1 Å². The molecule has 0 amide bonds. The van der Waals surface area contributed by atoms with Gasteiger partial charge in [-0.05, 0) is 50.8 Å². The number of rotatable bonds is 8. The van der Waals surface area contributed by atoms with E-state index in [0.29, 0.717) is 12.0 Å². The molecular formula is C19H29NO6S. The first-order chi connectivity index (χ1) is 12.0. The molecule has 0 bridgehead atoms. The topological polar surface area (TPSA) is 95.7 Å². The summed E-state index contributed by atoms with van der Waals surface area (Å²) >= 11 is 0. The highest BCUT2D eigenvalue weighted by molar-refractivity contribution is 7.59. The van der Waals surface area contributed by atoms with Crippen LogP contribution >= 0.6 is 13.5 Å². The van der Waals surface area contributed by atoms with E-state index in [2.05, 4.69) is 0 Å². The Labute approximate surface area is 167 Å². The molecular weight excluding hydrogens is 370 g/mol. The summed E-state index contributed by atoms with van der Waals surface area (Å²) in [5.41, 5.74) is 0.00878. The van der Waals surface area contributed by atoms with Gasteiger partial charge in [-0.3, -0.25) is 19.7 Å². The monoisotopic (exact) mass is 399 g/mol. The quantitative estimate of drug-likeness (QED) is 0.370. The number of nitro benzene ring substituents is 1. The van der Waals surface area contributed by atoms with E-state index in [1.54, 1.807) is 20.8 Å². The fourth-order valence-corrected chi connectivity index (χ4v) is 2.40. The molecule has 1 aromatic carbocycles. The fourth-order valence-electron chi connectivity index (χ4n) is 2.40. The van der Waals surface area contributed by atoms with Gasteiger partial charge in [-0.15, -0.1) is 0 Å². The van der Waals surface area contributed by atoms with Gasteiger partial charge in [-0.1, -0.05) is 13.8 Å². The first kappa shape index (κ1) is 24.9. The summed E-state index contributed by atoms with van der Waals surface area (Å²) in [6.45, 7) is 9.25. The summed E-state index contributed by atoms with van der Waals surface area (Å²) in [4.78, 5) is 34.6. The van der Waals surface area contributed by atoms with E-state index < -0.39 is 28.4 Å². The van der Waals surface area contributed by atoms with Crippen molar-refractivity contribution in [1.82, 2.24) is 0 Å². The molecule has 0 heterocycles. The second-order valence-corrected chi connectivity index (χ2v) is 7.65. The highest BCUT2D eigenvalue weighted by Gasteiger charge is 2.27. The zero-order valence-electron chi connectivity index (χ0n) is 16.5. The zero-order chi connectivity index (χ0) is 19.9. The molecule has 0 aromatic heterocycles. The van der Waals surface area contributed by atoms with Gasteiger partial charge < -0.3 is 9.47 Å². The average molecular weight is 400 g/mol. The van der Waals surface area contributed by atoms with Gasteiger partial charge in [-0.2, -0.15) is 13.5 Å². The Morgan fingerprint density at radius 2 is 1.70 bits per heavy atom. The van der Waals surface area contributed by atoms with Gasteiger partial charge in [0.05, 0.1) is 17.3 Å². The normalized spacial score (nSPS) is 12.1. The molecule has 0 unspecified atom stereocenters. The lowest BCUT2D eigenvalue weighted by molar-refractivity contribution is -0.384. The highest BCUT2D eigenvalue weighted by Crippen LogP contribution is 2.21. The number of ether oxygens (including phenoxy) is 2. The van der Waals surface area contributed by atoms with Crippen molar-refractivity contribution in [2.24, 2.45) is 11.8 Å². The maximum absolute atomic E-state index is 12.4. The van der Waals surface area contributed by atoms with Crippen molar-refractivity contribution in [3.63, 3.8) is 0 Å². The molecule has 0 saturated heterocycles. The van der Waals surface area contributed by atoms with Crippen molar-refractivity contribution in [1.29, 1.82) is 0 Å². The van der Waals surface area contributed by atoms with Gasteiger partial charge in [0.2, 0.25) is 0 Å². The number of nitro groups is 1. The van der Waals surface area contributed by atoms with Crippen LogP contribution in [0.5, 0.6) is 0 Å². The minimum atomic E-state index is -0.609. The van der Waals surface area contributed by atoms with Gasteiger partial charge in [0.1, 0.15) is 12.2 Å². The van der Waals surface area contributed by atoms with Crippen LogP contribution in [0.25, 0.3) is 0 Å². The summed E-state index contributed by atoms with van der Waals surface area (Å²) in [5.74, 6) is -1.27. The molecule has 1 aromatic rings. The molecule has 0 fully saturated rings. The van der Waals surface area contributed by atoms with Crippen molar-refractivity contribution < 1.29 is 24.0 Å². The van der Waals surface area contributed by atoms with E-state index in [1.807, 2.05) is 13.8 Å². The minimum absolute atomic E-state index is 0. The summed E-state index contributed by atoms with van der Waals surface area (Å²) in [6, 6.07) is 5.79. The van der Waals surface area contributed by atoms with Crippen LogP contribution in [0.4, 0.5) is 5.69 Å². The van der Waals surface area contributed by atoms with Crippen LogP contribution in [0.2, 0.25) is 0 Å². The molecule has 152 valence electrons. The SMILES string of the molecule is CC(C)C[C@H](CC(=O)OC(C)(C)C)C(=O)OCc1ccc([N+](=O)[O-])cc1.S. The Morgan fingerprint density at radius 1 is 1.15 bits per heavy atom. The van der Waals surface area contributed by atoms with Crippen molar-refractivity contribution >= 4 is 31.1 Å². The van der Waals surface area contributed by atoms with Crippen LogP contribution < -0.4 is 0 Å². The van der Waals surface area contributed by atoms with E-state index in [0.717, 1.165) is 0 Å².